The van der Waals surface area contributed by atoms with Crippen molar-refractivity contribution in [3.63, 3.8) is 0 Å². The van der Waals surface area contributed by atoms with Crippen LogP contribution >= 0.6 is 23.4 Å². The van der Waals surface area contributed by atoms with Crippen molar-refractivity contribution < 1.29 is 4.79 Å². The second-order valence-corrected chi connectivity index (χ2v) is 5.94. The fraction of sp³-hybridized carbons (Fsp3) is 0.133. The molecule has 0 saturated carbocycles. The predicted octanol–water partition coefficient (Wildman–Crippen LogP) is 2.79. The van der Waals surface area contributed by atoms with Crippen LogP contribution in [0.2, 0.25) is 5.02 Å². The summed E-state index contributed by atoms with van der Waals surface area (Å²) >= 11 is 7.64. The quantitative estimate of drug-likeness (QED) is 0.260. The van der Waals surface area contributed by atoms with Crippen LogP contribution < -0.4 is 17.0 Å². The third-order valence-electron chi connectivity index (χ3n) is 3.02. The summed E-state index contributed by atoms with van der Waals surface area (Å²) in [7, 11) is 0. The normalized spacial score (nSPS) is 11.9. The lowest BCUT2D eigenvalue weighted by Crippen LogP contribution is -2.35. The second-order valence-electron chi connectivity index (χ2n) is 4.47. The highest BCUT2D eigenvalue weighted by atomic mass is 35.5. The summed E-state index contributed by atoms with van der Waals surface area (Å²) in [5.41, 5.74) is 9.42. The number of nitrogen functional groups attached to an aromatic ring is 1. The Kier molecular flexibility index (Phi) is 5.50. The van der Waals surface area contributed by atoms with E-state index in [0.29, 0.717) is 16.5 Å². The summed E-state index contributed by atoms with van der Waals surface area (Å²) in [6.45, 7) is 0. The zero-order valence-corrected chi connectivity index (χ0v) is 12.8. The highest BCUT2D eigenvalue weighted by molar-refractivity contribution is 7.99. The molecule has 0 aromatic heterocycles. The van der Waals surface area contributed by atoms with Gasteiger partial charge in [-0.3, -0.25) is 10.2 Å². The largest absolute Gasteiger partial charge is 0.399 e. The number of nitrogens with one attached hydrogen (secondary N) is 1. The van der Waals surface area contributed by atoms with Gasteiger partial charge in [-0.2, -0.15) is 0 Å². The summed E-state index contributed by atoms with van der Waals surface area (Å²) in [6.07, 6.45) is 0. The Morgan fingerprint density at radius 1 is 1.24 bits per heavy atom. The third-order valence-corrected chi connectivity index (χ3v) is 4.61. The lowest BCUT2D eigenvalue weighted by Gasteiger charge is -2.15. The van der Waals surface area contributed by atoms with Crippen molar-refractivity contribution in [1.82, 2.24) is 5.43 Å². The van der Waals surface area contributed by atoms with E-state index in [1.165, 1.54) is 11.8 Å². The molecule has 6 heteroatoms. The number of carbonyl (C=O) groups excluding carboxylic acids is 1. The van der Waals surface area contributed by atoms with Crippen molar-refractivity contribution in [2.45, 2.75) is 10.8 Å². The number of anilines is 1. The maximum atomic E-state index is 12.0. The first-order chi connectivity index (χ1) is 10.1. The van der Waals surface area contributed by atoms with Crippen molar-refractivity contribution in [2.24, 2.45) is 5.84 Å². The maximum Gasteiger partial charge on any atom is 0.242 e. The first-order valence-corrected chi connectivity index (χ1v) is 7.71. The number of carbonyl (C=O) groups is 1. The first kappa shape index (κ1) is 15.7. The molecule has 0 aliphatic heterocycles. The lowest BCUT2D eigenvalue weighted by molar-refractivity contribution is -0.122. The van der Waals surface area contributed by atoms with Gasteiger partial charge in [-0.25, -0.2) is 5.84 Å². The molecule has 1 atom stereocenters. The van der Waals surface area contributed by atoms with E-state index in [0.717, 1.165) is 10.5 Å². The van der Waals surface area contributed by atoms with E-state index in [1.807, 2.05) is 36.4 Å². The number of benzene rings is 2. The van der Waals surface area contributed by atoms with Crippen LogP contribution in [0, 0.1) is 0 Å². The van der Waals surface area contributed by atoms with Crippen LogP contribution in [0.25, 0.3) is 0 Å². The standard InChI is InChI=1S/C15H16ClN3OS/c16-13-8-11(17)6-7-14(13)21-9-12(15(20)19-18)10-4-2-1-3-5-10/h1-8,12H,9,17-18H2,(H,19,20). The Morgan fingerprint density at radius 2 is 1.95 bits per heavy atom. The molecule has 2 aromatic rings. The SMILES string of the molecule is NNC(=O)C(CSc1ccc(N)cc1Cl)c1ccccc1. The zero-order chi connectivity index (χ0) is 15.2. The van der Waals surface area contributed by atoms with Gasteiger partial charge in [0.15, 0.2) is 0 Å². The average Bonchev–Trinajstić information content (AvgIpc) is 2.50. The van der Waals surface area contributed by atoms with E-state index < -0.39 is 0 Å². The molecule has 0 saturated heterocycles. The Morgan fingerprint density at radius 3 is 2.57 bits per heavy atom. The Labute approximate surface area is 132 Å². The average molecular weight is 322 g/mol. The van der Waals surface area contributed by atoms with Crippen LogP contribution in [0.1, 0.15) is 11.5 Å². The predicted molar refractivity (Wildman–Crippen MR) is 88.1 cm³/mol. The van der Waals surface area contributed by atoms with Crippen molar-refractivity contribution >= 4 is 35.0 Å². The van der Waals surface area contributed by atoms with Gasteiger partial charge in [-0.05, 0) is 23.8 Å². The molecule has 1 unspecified atom stereocenters. The van der Waals surface area contributed by atoms with Crippen molar-refractivity contribution in [2.75, 3.05) is 11.5 Å². The van der Waals surface area contributed by atoms with Crippen LogP contribution in [-0.2, 0) is 4.79 Å². The fourth-order valence-electron chi connectivity index (χ4n) is 1.92. The van der Waals surface area contributed by atoms with Gasteiger partial charge in [0, 0.05) is 16.3 Å². The monoisotopic (exact) mass is 321 g/mol. The van der Waals surface area contributed by atoms with Gasteiger partial charge in [0.1, 0.15) is 0 Å². The molecule has 21 heavy (non-hydrogen) atoms. The summed E-state index contributed by atoms with van der Waals surface area (Å²) in [6, 6.07) is 14.9. The van der Waals surface area contributed by atoms with Gasteiger partial charge in [0.25, 0.3) is 0 Å². The summed E-state index contributed by atoms with van der Waals surface area (Å²) in [4.78, 5) is 12.9. The molecule has 0 radical (unpaired) electrons. The van der Waals surface area contributed by atoms with E-state index in [1.54, 1.807) is 12.1 Å². The van der Waals surface area contributed by atoms with Crippen LogP contribution in [0.4, 0.5) is 5.69 Å². The van der Waals surface area contributed by atoms with E-state index in [9.17, 15) is 4.79 Å². The minimum Gasteiger partial charge on any atom is -0.399 e. The summed E-state index contributed by atoms with van der Waals surface area (Å²) in [5.74, 6) is 5.26. The molecule has 0 spiro atoms. The molecular weight excluding hydrogens is 306 g/mol. The highest BCUT2D eigenvalue weighted by Crippen LogP contribution is 2.32. The summed E-state index contributed by atoms with van der Waals surface area (Å²) < 4.78 is 0. The van der Waals surface area contributed by atoms with E-state index >= 15 is 0 Å². The first-order valence-electron chi connectivity index (χ1n) is 6.35. The molecule has 0 aliphatic carbocycles. The van der Waals surface area contributed by atoms with E-state index in [-0.39, 0.29) is 11.8 Å². The van der Waals surface area contributed by atoms with Crippen molar-refractivity contribution in [1.29, 1.82) is 0 Å². The molecule has 0 fully saturated rings. The maximum absolute atomic E-state index is 12.0. The molecular formula is C15H16ClN3OS. The molecule has 0 heterocycles. The van der Waals surface area contributed by atoms with Gasteiger partial charge >= 0.3 is 0 Å². The molecule has 0 aliphatic rings. The molecule has 2 rings (SSSR count). The smallest absolute Gasteiger partial charge is 0.242 e. The molecule has 0 bridgehead atoms. The molecule has 1 amide bonds. The Hall–Kier alpha value is -1.69. The van der Waals surface area contributed by atoms with Crippen molar-refractivity contribution in [3.8, 4) is 0 Å². The zero-order valence-electron chi connectivity index (χ0n) is 11.3. The van der Waals surface area contributed by atoms with Crippen LogP contribution in [0.15, 0.2) is 53.4 Å². The lowest BCUT2D eigenvalue weighted by atomic mass is 10.0. The third kappa shape index (κ3) is 4.14. The van der Waals surface area contributed by atoms with Gasteiger partial charge in [0.2, 0.25) is 5.91 Å². The Bertz CT molecular complexity index is 622. The number of rotatable bonds is 5. The fourth-order valence-corrected chi connectivity index (χ4v) is 3.32. The molecule has 4 nitrogen and oxygen atoms in total. The van der Waals surface area contributed by atoms with E-state index in [2.05, 4.69) is 5.43 Å². The number of hydrogen-bond acceptors (Lipinski definition) is 4. The molecule has 5 N–H and O–H groups in total. The van der Waals surface area contributed by atoms with E-state index in [4.69, 9.17) is 23.2 Å². The summed E-state index contributed by atoms with van der Waals surface area (Å²) in [5, 5.41) is 0.583. The van der Waals surface area contributed by atoms with Crippen LogP contribution in [0.3, 0.4) is 0 Å². The van der Waals surface area contributed by atoms with Gasteiger partial charge in [-0.1, -0.05) is 41.9 Å². The topological polar surface area (TPSA) is 81.1 Å². The number of hydrogen-bond donors (Lipinski definition) is 3. The Balaban J connectivity index is 2.15. The number of nitrogens with two attached hydrogens (primary N) is 2. The van der Waals surface area contributed by atoms with Gasteiger partial charge in [-0.15, -0.1) is 11.8 Å². The minimum absolute atomic E-state index is 0.222. The number of hydrazine groups is 1. The highest BCUT2D eigenvalue weighted by Gasteiger charge is 2.20. The number of amides is 1. The van der Waals surface area contributed by atoms with Gasteiger partial charge < -0.3 is 5.73 Å². The minimum atomic E-state index is -0.338. The second kappa shape index (κ2) is 7.36. The van der Waals surface area contributed by atoms with Crippen molar-refractivity contribution in [3.05, 3.63) is 59.1 Å². The molecule has 110 valence electrons. The van der Waals surface area contributed by atoms with Gasteiger partial charge in [0.05, 0.1) is 10.9 Å². The molecule has 2 aromatic carbocycles. The van der Waals surface area contributed by atoms with Crippen LogP contribution in [-0.4, -0.2) is 11.7 Å². The number of halogens is 1. The van der Waals surface area contributed by atoms with Crippen LogP contribution in [0.5, 0.6) is 0 Å². The number of thioether (sulfide) groups is 1.